The zero-order valence-corrected chi connectivity index (χ0v) is 10.1. The molecule has 1 aliphatic rings. The van der Waals surface area contributed by atoms with Gasteiger partial charge in [-0.3, -0.25) is 0 Å². The minimum Gasteiger partial charge on any atom is -0.394 e. The molecule has 0 aliphatic carbocycles. The van der Waals surface area contributed by atoms with Crippen molar-refractivity contribution in [2.45, 2.75) is 6.10 Å². The highest BCUT2D eigenvalue weighted by molar-refractivity contribution is 7.87. The molecule has 1 saturated heterocycles. The monoisotopic (exact) mass is 254 g/mol. The standard InChI is InChI=1S/C8H18N2O5S/c1-14-4-2-9-16(12,13)10-3-5-15-8(6-10)7-11/h8-9,11H,2-7H2,1H3. The molecule has 96 valence electrons. The van der Waals surface area contributed by atoms with E-state index in [0.717, 1.165) is 0 Å². The molecule has 0 aromatic rings. The van der Waals surface area contributed by atoms with Gasteiger partial charge in [0.15, 0.2) is 0 Å². The van der Waals surface area contributed by atoms with Gasteiger partial charge in [-0.15, -0.1) is 0 Å². The third-order valence-corrected chi connectivity index (χ3v) is 3.82. The van der Waals surface area contributed by atoms with Gasteiger partial charge in [0, 0.05) is 26.7 Å². The lowest BCUT2D eigenvalue weighted by molar-refractivity contribution is -0.0307. The van der Waals surface area contributed by atoms with E-state index >= 15 is 0 Å². The Hall–Kier alpha value is -0.250. The zero-order chi connectivity index (χ0) is 12.0. The van der Waals surface area contributed by atoms with E-state index in [1.54, 1.807) is 0 Å². The van der Waals surface area contributed by atoms with Crippen molar-refractivity contribution in [3.63, 3.8) is 0 Å². The summed E-state index contributed by atoms with van der Waals surface area (Å²) in [5.41, 5.74) is 0. The maximum absolute atomic E-state index is 11.7. The summed E-state index contributed by atoms with van der Waals surface area (Å²) in [6.07, 6.45) is -0.437. The third kappa shape index (κ3) is 3.96. The van der Waals surface area contributed by atoms with Gasteiger partial charge < -0.3 is 14.6 Å². The van der Waals surface area contributed by atoms with E-state index in [-0.39, 0.29) is 19.7 Å². The summed E-state index contributed by atoms with van der Waals surface area (Å²) in [6, 6.07) is 0. The number of hydrogen-bond acceptors (Lipinski definition) is 5. The van der Waals surface area contributed by atoms with Gasteiger partial charge in [-0.25, -0.2) is 0 Å². The number of rotatable bonds is 6. The van der Waals surface area contributed by atoms with E-state index < -0.39 is 16.3 Å². The molecule has 1 atom stereocenters. The van der Waals surface area contributed by atoms with Crippen molar-refractivity contribution >= 4 is 10.2 Å². The van der Waals surface area contributed by atoms with Crippen LogP contribution in [0.4, 0.5) is 0 Å². The van der Waals surface area contributed by atoms with Gasteiger partial charge in [0.1, 0.15) is 0 Å². The Bertz CT molecular complexity index is 295. The van der Waals surface area contributed by atoms with Crippen LogP contribution in [-0.2, 0) is 19.7 Å². The summed E-state index contributed by atoms with van der Waals surface area (Å²) in [5, 5.41) is 8.90. The molecule has 8 heteroatoms. The molecule has 0 amide bonds. The molecule has 1 fully saturated rings. The highest BCUT2D eigenvalue weighted by Crippen LogP contribution is 2.08. The maximum Gasteiger partial charge on any atom is 0.279 e. The largest absolute Gasteiger partial charge is 0.394 e. The Labute approximate surface area is 95.5 Å². The van der Waals surface area contributed by atoms with E-state index in [0.29, 0.717) is 19.8 Å². The van der Waals surface area contributed by atoms with Crippen LogP contribution >= 0.6 is 0 Å². The van der Waals surface area contributed by atoms with Gasteiger partial charge in [-0.05, 0) is 0 Å². The highest BCUT2D eigenvalue weighted by atomic mass is 32.2. The Kier molecular flexibility index (Phi) is 5.59. The number of hydrogen-bond donors (Lipinski definition) is 2. The molecule has 16 heavy (non-hydrogen) atoms. The first-order chi connectivity index (χ1) is 7.60. The fourth-order valence-corrected chi connectivity index (χ4v) is 2.59. The lowest BCUT2D eigenvalue weighted by Crippen LogP contribution is -2.51. The maximum atomic E-state index is 11.7. The van der Waals surface area contributed by atoms with Crippen molar-refractivity contribution in [2.75, 3.05) is 46.6 Å². The fraction of sp³-hybridized carbons (Fsp3) is 1.00. The van der Waals surface area contributed by atoms with Crippen LogP contribution in [0.25, 0.3) is 0 Å². The molecule has 0 aromatic heterocycles. The average Bonchev–Trinajstić information content (AvgIpc) is 2.29. The molecule has 1 aliphatic heterocycles. The topological polar surface area (TPSA) is 88.1 Å². The van der Waals surface area contributed by atoms with Crippen LogP contribution in [0.1, 0.15) is 0 Å². The molecule has 0 saturated carbocycles. The van der Waals surface area contributed by atoms with Gasteiger partial charge >= 0.3 is 0 Å². The smallest absolute Gasteiger partial charge is 0.279 e. The molecular formula is C8H18N2O5S. The summed E-state index contributed by atoms with van der Waals surface area (Å²) >= 11 is 0. The lowest BCUT2D eigenvalue weighted by Gasteiger charge is -2.31. The van der Waals surface area contributed by atoms with E-state index in [9.17, 15) is 8.42 Å². The summed E-state index contributed by atoms with van der Waals surface area (Å²) in [6.45, 7) is 1.17. The Morgan fingerprint density at radius 3 is 3.00 bits per heavy atom. The number of ether oxygens (including phenoxy) is 2. The van der Waals surface area contributed by atoms with Crippen LogP contribution in [0.2, 0.25) is 0 Å². The molecule has 0 bridgehead atoms. The number of aliphatic hydroxyl groups excluding tert-OH is 1. The molecule has 1 unspecified atom stereocenters. The molecule has 0 radical (unpaired) electrons. The van der Waals surface area contributed by atoms with Crippen LogP contribution < -0.4 is 4.72 Å². The van der Waals surface area contributed by atoms with Crippen LogP contribution in [0.3, 0.4) is 0 Å². The van der Waals surface area contributed by atoms with Crippen molar-refractivity contribution in [3.8, 4) is 0 Å². The van der Waals surface area contributed by atoms with Crippen LogP contribution in [-0.4, -0.2) is 70.5 Å². The minimum atomic E-state index is -3.49. The molecule has 1 rings (SSSR count). The van der Waals surface area contributed by atoms with E-state index in [4.69, 9.17) is 14.6 Å². The van der Waals surface area contributed by atoms with E-state index in [1.807, 2.05) is 0 Å². The van der Waals surface area contributed by atoms with Crippen molar-refractivity contribution in [1.29, 1.82) is 0 Å². The highest BCUT2D eigenvalue weighted by Gasteiger charge is 2.28. The zero-order valence-electron chi connectivity index (χ0n) is 9.26. The van der Waals surface area contributed by atoms with Gasteiger partial charge in [0.2, 0.25) is 0 Å². The lowest BCUT2D eigenvalue weighted by atomic mass is 10.3. The molecule has 0 spiro atoms. The molecular weight excluding hydrogens is 236 g/mol. The normalized spacial score (nSPS) is 23.5. The quantitative estimate of drug-likeness (QED) is 0.544. The van der Waals surface area contributed by atoms with Crippen LogP contribution in [0.5, 0.6) is 0 Å². The second-order valence-electron chi connectivity index (χ2n) is 3.43. The molecule has 1 heterocycles. The predicted octanol–water partition coefficient (Wildman–Crippen LogP) is -1.84. The Morgan fingerprint density at radius 1 is 1.62 bits per heavy atom. The number of methoxy groups -OCH3 is 1. The van der Waals surface area contributed by atoms with Crippen molar-refractivity contribution in [3.05, 3.63) is 0 Å². The number of morpholine rings is 1. The second-order valence-corrected chi connectivity index (χ2v) is 5.18. The van der Waals surface area contributed by atoms with Crippen molar-refractivity contribution in [2.24, 2.45) is 0 Å². The predicted molar refractivity (Wildman–Crippen MR) is 57.2 cm³/mol. The summed E-state index contributed by atoms with van der Waals surface area (Å²) in [7, 11) is -1.98. The van der Waals surface area contributed by atoms with Gasteiger partial charge in [-0.2, -0.15) is 17.4 Å². The summed E-state index contributed by atoms with van der Waals surface area (Å²) in [4.78, 5) is 0. The molecule has 7 nitrogen and oxygen atoms in total. The average molecular weight is 254 g/mol. The Morgan fingerprint density at radius 2 is 2.38 bits per heavy atom. The van der Waals surface area contributed by atoms with E-state index in [1.165, 1.54) is 11.4 Å². The third-order valence-electron chi connectivity index (χ3n) is 2.24. The van der Waals surface area contributed by atoms with Crippen molar-refractivity contribution in [1.82, 2.24) is 9.03 Å². The minimum absolute atomic E-state index is 0.176. The van der Waals surface area contributed by atoms with Gasteiger partial charge in [-0.1, -0.05) is 0 Å². The summed E-state index contributed by atoms with van der Waals surface area (Å²) < 4.78 is 37.1. The second kappa shape index (κ2) is 6.48. The first-order valence-corrected chi connectivity index (χ1v) is 6.50. The summed E-state index contributed by atoms with van der Waals surface area (Å²) in [5.74, 6) is 0. The SMILES string of the molecule is COCCNS(=O)(=O)N1CCOC(CO)C1. The fourth-order valence-electron chi connectivity index (χ4n) is 1.39. The first-order valence-electron chi connectivity index (χ1n) is 5.06. The van der Waals surface area contributed by atoms with Crippen molar-refractivity contribution < 1.29 is 23.0 Å². The number of aliphatic hydroxyl groups is 1. The van der Waals surface area contributed by atoms with Crippen LogP contribution in [0, 0.1) is 0 Å². The van der Waals surface area contributed by atoms with Gasteiger partial charge in [0.05, 0.1) is 25.9 Å². The van der Waals surface area contributed by atoms with Gasteiger partial charge in [0.25, 0.3) is 10.2 Å². The number of nitrogens with zero attached hydrogens (tertiary/aromatic N) is 1. The Balaban J connectivity index is 2.47. The van der Waals surface area contributed by atoms with Crippen LogP contribution in [0.15, 0.2) is 0 Å². The number of nitrogens with one attached hydrogen (secondary N) is 1. The molecule has 0 aromatic carbocycles. The van der Waals surface area contributed by atoms with E-state index in [2.05, 4.69) is 4.72 Å². The first kappa shape index (κ1) is 13.8. The molecule has 2 N–H and O–H groups in total.